The van der Waals surface area contributed by atoms with Crippen molar-refractivity contribution in [3.05, 3.63) is 0 Å². The van der Waals surface area contributed by atoms with Gasteiger partial charge in [-0.05, 0) is 12.3 Å². The zero-order valence-electron chi connectivity index (χ0n) is 7.45. The SMILES string of the molecule is NCC(CC1CC1)N1CC(O)C1. The van der Waals surface area contributed by atoms with E-state index in [1.54, 1.807) is 0 Å². The highest BCUT2D eigenvalue weighted by Crippen LogP contribution is 2.35. The summed E-state index contributed by atoms with van der Waals surface area (Å²) in [6.07, 6.45) is 3.96. The highest BCUT2D eigenvalue weighted by molar-refractivity contribution is 4.89. The van der Waals surface area contributed by atoms with E-state index < -0.39 is 0 Å². The summed E-state index contributed by atoms with van der Waals surface area (Å²) >= 11 is 0. The maximum absolute atomic E-state index is 9.13. The van der Waals surface area contributed by atoms with Crippen molar-refractivity contribution < 1.29 is 5.11 Å². The molecular formula is C9H18N2O. The van der Waals surface area contributed by atoms with Crippen LogP contribution in [-0.4, -0.2) is 41.8 Å². The Kier molecular flexibility index (Phi) is 2.35. The van der Waals surface area contributed by atoms with Gasteiger partial charge in [-0.3, -0.25) is 4.90 Å². The number of β-amino-alcohol motifs (C(OH)–C–C–N with tert-alkyl or cyclic N) is 1. The topological polar surface area (TPSA) is 49.5 Å². The van der Waals surface area contributed by atoms with E-state index in [2.05, 4.69) is 4.90 Å². The van der Waals surface area contributed by atoms with Crippen LogP contribution in [0.2, 0.25) is 0 Å². The van der Waals surface area contributed by atoms with Crippen molar-refractivity contribution in [2.75, 3.05) is 19.6 Å². The highest BCUT2D eigenvalue weighted by atomic mass is 16.3. The van der Waals surface area contributed by atoms with Crippen molar-refractivity contribution in [1.82, 2.24) is 4.90 Å². The molecule has 1 atom stereocenters. The third-order valence-electron chi connectivity index (χ3n) is 2.98. The minimum absolute atomic E-state index is 0.0850. The standard InChI is InChI=1S/C9H18N2O/c10-4-8(3-7-1-2-7)11-5-9(12)6-11/h7-9,12H,1-6,10H2. The van der Waals surface area contributed by atoms with Crippen molar-refractivity contribution in [1.29, 1.82) is 0 Å². The fourth-order valence-corrected chi connectivity index (χ4v) is 1.92. The Bertz CT molecular complexity index is 153. The first-order valence-electron chi connectivity index (χ1n) is 4.91. The lowest BCUT2D eigenvalue weighted by molar-refractivity contribution is -0.0256. The van der Waals surface area contributed by atoms with Crippen molar-refractivity contribution in [3.8, 4) is 0 Å². The second kappa shape index (κ2) is 3.32. The molecule has 0 aromatic carbocycles. The summed E-state index contributed by atoms with van der Waals surface area (Å²) < 4.78 is 0. The third kappa shape index (κ3) is 1.79. The minimum atomic E-state index is -0.0850. The maximum atomic E-state index is 9.13. The van der Waals surface area contributed by atoms with Crippen LogP contribution in [-0.2, 0) is 0 Å². The molecule has 0 amide bonds. The normalized spacial score (nSPS) is 28.5. The highest BCUT2D eigenvalue weighted by Gasteiger charge is 2.33. The van der Waals surface area contributed by atoms with Crippen LogP contribution < -0.4 is 5.73 Å². The Hall–Kier alpha value is -0.120. The first-order chi connectivity index (χ1) is 5.79. The first-order valence-corrected chi connectivity index (χ1v) is 4.91. The Morgan fingerprint density at radius 2 is 2.08 bits per heavy atom. The van der Waals surface area contributed by atoms with Gasteiger partial charge in [-0.15, -0.1) is 0 Å². The molecule has 0 aromatic rings. The molecule has 0 radical (unpaired) electrons. The molecule has 1 aliphatic heterocycles. The summed E-state index contributed by atoms with van der Waals surface area (Å²) in [6.45, 7) is 2.44. The van der Waals surface area contributed by atoms with E-state index in [4.69, 9.17) is 10.8 Å². The Morgan fingerprint density at radius 3 is 2.50 bits per heavy atom. The Morgan fingerprint density at radius 1 is 1.42 bits per heavy atom. The van der Waals surface area contributed by atoms with Gasteiger partial charge in [0.25, 0.3) is 0 Å². The largest absolute Gasteiger partial charge is 0.390 e. The lowest BCUT2D eigenvalue weighted by atomic mass is 10.0. The summed E-state index contributed by atoms with van der Waals surface area (Å²) in [7, 11) is 0. The number of aliphatic hydroxyl groups is 1. The number of nitrogens with two attached hydrogens (primary N) is 1. The van der Waals surface area contributed by atoms with Crippen LogP contribution in [0.15, 0.2) is 0 Å². The van der Waals surface area contributed by atoms with Crippen LogP contribution in [0.1, 0.15) is 19.3 Å². The molecule has 1 saturated heterocycles. The first kappa shape index (κ1) is 8.48. The van der Waals surface area contributed by atoms with Crippen molar-refractivity contribution in [2.24, 2.45) is 11.7 Å². The molecule has 12 heavy (non-hydrogen) atoms. The quantitative estimate of drug-likeness (QED) is 0.614. The average Bonchev–Trinajstić information content (AvgIpc) is 2.78. The van der Waals surface area contributed by atoms with Gasteiger partial charge in [-0.25, -0.2) is 0 Å². The van der Waals surface area contributed by atoms with Gasteiger partial charge >= 0.3 is 0 Å². The second-order valence-electron chi connectivity index (χ2n) is 4.18. The molecular weight excluding hydrogens is 152 g/mol. The van der Waals surface area contributed by atoms with E-state index in [1.807, 2.05) is 0 Å². The maximum Gasteiger partial charge on any atom is 0.0794 e. The lowest BCUT2D eigenvalue weighted by Gasteiger charge is -2.41. The number of hydrogen-bond acceptors (Lipinski definition) is 3. The van der Waals surface area contributed by atoms with Gasteiger partial charge < -0.3 is 10.8 Å². The smallest absolute Gasteiger partial charge is 0.0794 e. The molecule has 0 aromatic heterocycles. The number of likely N-dealkylation sites (tertiary alicyclic amines) is 1. The molecule has 3 nitrogen and oxygen atoms in total. The molecule has 2 aliphatic rings. The van der Waals surface area contributed by atoms with E-state index in [9.17, 15) is 0 Å². The summed E-state index contributed by atoms with van der Waals surface area (Å²) in [4.78, 5) is 2.31. The minimum Gasteiger partial charge on any atom is -0.390 e. The fourth-order valence-electron chi connectivity index (χ4n) is 1.92. The molecule has 3 N–H and O–H groups in total. The molecule has 3 heteroatoms. The number of hydrogen-bond donors (Lipinski definition) is 2. The van der Waals surface area contributed by atoms with Gasteiger partial charge in [-0.1, -0.05) is 12.8 Å². The molecule has 0 spiro atoms. The zero-order chi connectivity index (χ0) is 8.55. The van der Waals surface area contributed by atoms with Crippen LogP contribution in [0, 0.1) is 5.92 Å². The lowest BCUT2D eigenvalue weighted by Crippen LogP contribution is -2.57. The van der Waals surface area contributed by atoms with Gasteiger partial charge in [0.05, 0.1) is 6.10 Å². The summed E-state index contributed by atoms with van der Waals surface area (Å²) in [5.41, 5.74) is 5.68. The molecule has 1 saturated carbocycles. The summed E-state index contributed by atoms with van der Waals surface area (Å²) in [5, 5.41) is 9.13. The molecule has 2 rings (SSSR count). The van der Waals surface area contributed by atoms with E-state index in [1.165, 1.54) is 19.3 Å². The average molecular weight is 170 g/mol. The van der Waals surface area contributed by atoms with Crippen molar-refractivity contribution in [2.45, 2.75) is 31.4 Å². The van der Waals surface area contributed by atoms with Gasteiger partial charge in [0.15, 0.2) is 0 Å². The number of nitrogens with zero attached hydrogens (tertiary/aromatic N) is 1. The molecule has 2 fully saturated rings. The Labute approximate surface area is 73.5 Å². The van der Waals surface area contributed by atoms with Crippen molar-refractivity contribution >= 4 is 0 Å². The van der Waals surface area contributed by atoms with Gasteiger partial charge in [0.2, 0.25) is 0 Å². The van der Waals surface area contributed by atoms with Gasteiger partial charge in [0, 0.05) is 25.7 Å². The van der Waals surface area contributed by atoms with Crippen LogP contribution in [0.4, 0.5) is 0 Å². The molecule has 1 heterocycles. The van der Waals surface area contributed by atoms with E-state index in [-0.39, 0.29) is 6.10 Å². The van der Waals surface area contributed by atoms with Gasteiger partial charge in [-0.2, -0.15) is 0 Å². The summed E-state index contributed by atoms with van der Waals surface area (Å²) in [5.74, 6) is 0.941. The predicted molar refractivity (Wildman–Crippen MR) is 47.8 cm³/mol. The molecule has 70 valence electrons. The molecule has 0 bridgehead atoms. The van der Waals surface area contributed by atoms with Gasteiger partial charge in [0.1, 0.15) is 0 Å². The van der Waals surface area contributed by atoms with E-state index in [0.717, 1.165) is 25.6 Å². The van der Waals surface area contributed by atoms with Crippen molar-refractivity contribution in [3.63, 3.8) is 0 Å². The van der Waals surface area contributed by atoms with Crippen LogP contribution in [0.5, 0.6) is 0 Å². The zero-order valence-corrected chi connectivity index (χ0v) is 7.45. The predicted octanol–water partition coefficient (Wildman–Crippen LogP) is -0.210. The van der Waals surface area contributed by atoms with Crippen LogP contribution in [0.25, 0.3) is 0 Å². The Balaban J connectivity index is 1.73. The number of rotatable bonds is 4. The second-order valence-corrected chi connectivity index (χ2v) is 4.18. The fraction of sp³-hybridized carbons (Fsp3) is 1.00. The van der Waals surface area contributed by atoms with Crippen LogP contribution in [0.3, 0.4) is 0 Å². The van der Waals surface area contributed by atoms with Crippen LogP contribution >= 0.6 is 0 Å². The molecule has 1 aliphatic carbocycles. The molecule has 1 unspecified atom stereocenters. The monoisotopic (exact) mass is 170 g/mol. The number of aliphatic hydroxyl groups excluding tert-OH is 1. The van der Waals surface area contributed by atoms with E-state index in [0.29, 0.717) is 6.04 Å². The summed E-state index contributed by atoms with van der Waals surface area (Å²) in [6, 6.07) is 0.542. The third-order valence-corrected chi connectivity index (χ3v) is 2.98. The van der Waals surface area contributed by atoms with E-state index >= 15 is 0 Å².